The maximum atomic E-state index is 12.9. The van der Waals surface area contributed by atoms with Crippen molar-refractivity contribution >= 4 is 23.3 Å². The number of non-ortho nitro benzene ring substituents is 1. The zero-order valence-electron chi connectivity index (χ0n) is 13.5. The summed E-state index contributed by atoms with van der Waals surface area (Å²) in [5, 5.41) is 10.8. The molecule has 0 saturated carbocycles. The Kier molecular flexibility index (Phi) is 5.29. The molecule has 6 heteroatoms. The van der Waals surface area contributed by atoms with Gasteiger partial charge in [0.15, 0.2) is 0 Å². The van der Waals surface area contributed by atoms with Gasteiger partial charge in [0.25, 0.3) is 5.69 Å². The van der Waals surface area contributed by atoms with Crippen molar-refractivity contribution in [3.63, 3.8) is 0 Å². The quantitative estimate of drug-likeness (QED) is 0.276. The van der Waals surface area contributed by atoms with Crippen LogP contribution in [0.25, 0.3) is 0 Å². The summed E-state index contributed by atoms with van der Waals surface area (Å²) in [6.45, 7) is 0. The Labute approximate surface area is 155 Å². The summed E-state index contributed by atoms with van der Waals surface area (Å²) in [7, 11) is 0. The molecule has 0 amide bonds. The van der Waals surface area contributed by atoms with E-state index in [4.69, 9.17) is 16.3 Å². The van der Waals surface area contributed by atoms with Crippen LogP contribution in [0.4, 0.5) is 5.69 Å². The predicted molar refractivity (Wildman–Crippen MR) is 98.5 cm³/mol. The number of hydrogen-bond acceptors (Lipinski definition) is 4. The van der Waals surface area contributed by atoms with Gasteiger partial charge in [-0.15, -0.1) is 0 Å². The topological polar surface area (TPSA) is 69.4 Å². The van der Waals surface area contributed by atoms with Gasteiger partial charge < -0.3 is 4.74 Å². The van der Waals surface area contributed by atoms with E-state index in [1.807, 2.05) is 60.7 Å². The van der Waals surface area contributed by atoms with Crippen molar-refractivity contribution < 1.29 is 14.5 Å². The molecule has 0 aliphatic carbocycles. The van der Waals surface area contributed by atoms with E-state index in [1.54, 1.807) is 0 Å². The van der Waals surface area contributed by atoms with Crippen molar-refractivity contribution in [3.05, 3.63) is 105 Å². The number of carbonyl (C=O) groups is 1. The van der Waals surface area contributed by atoms with E-state index in [1.165, 1.54) is 12.1 Å². The molecule has 130 valence electrons. The number of benzene rings is 3. The van der Waals surface area contributed by atoms with Crippen LogP contribution in [0.2, 0.25) is 5.02 Å². The number of carbonyl (C=O) groups excluding carboxylic acids is 1. The molecule has 0 aliphatic rings. The van der Waals surface area contributed by atoms with Gasteiger partial charge in [-0.05, 0) is 17.2 Å². The molecule has 26 heavy (non-hydrogen) atoms. The van der Waals surface area contributed by atoms with Crippen LogP contribution < -0.4 is 4.74 Å². The Morgan fingerprint density at radius 2 is 1.46 bits per heavy atom. The number of hydrogen-bond donors (Lipinski definition) is 0. The molecule has 0 saturated heterocycles. The van der Waals surface area contributed by atoms with Gasteiger partial charge in [0.05, 0.1) is 9.95 Å². The van der Waals surface area contributed by atoms with Crippen molar-refractivity contribution in [3.8, 4) is 5.75 Å². The minimum absolute atomic E-state index is 0.00687. The lowest BCUT2D eigenvalue weighted by Crippen LogP contribution is -2.20. The van der Waals surface area contributed by atoms with Crippen LogP contribution >= 0.6 is 11.6 Å². The Bertz CT molecular complexity index is 890. The third-order valence-corrected chi connectivity index (χ3v) is 4.13. The summed E-state index contributed by atoms with van der Waals surface area (Å²) in [5.74, 6) is -1.07. The predicted octanol–water partition coefficient (Wildman–Crippen LogP) is 4.99. The molecule has 5 nitrogen and oxygen atoms in total. The zero-order valence-corrected chi connectivity index (χ0v) is 14.3. The second kappa shape index (κ2) is 7.80. The zero-order chi connectivity index (χ0) is 18.5. The van der Waals surface area contributed by atoms with Gasteiger partial charge in [-0.25, -0.2) is 0 Å². The van der Waals surface area contributed by atoms with Gasteiger partial charge in [-0.1, -0.05) is 72.3 Å². The minimum atomic E-state index is -0.636. The van der Waals surface area contributed by atoms with Crippen LogP contribution in [0, 0.1) is 10.1 Å². The highest BCUT2D eigenvalue weighted by atomic mass is 35.5. The Hall–Kier alpha value is -3.18. The van der Waals surface area contributed by atoms with Crippen LogP contribution in [-0.2, 0) is 4.79 Å². The lowest BCUT2D eigenvalue weighted by atomic mass is 9.91. The van der Waals surface area contributed by atoms with E-state index >= 15 is 0 Å². The lowest BCUT2D eigenvalue weighted by Gasteiger charge is -2.17. The SMILES string of the molecule is O=C(Oc1ccc([N+](=O)[O-])cc1Cl)C(c1ccccc1)c1ccccc1. The molecule has 3 rings (SSSR count). The van der Waals surface area contributed by atoms with E-state index in [2.05, 4.69) is 0 Å². The monoisotopic (exact) mass is 367 g/mol. The van der Waals surface area contributed by atoms with Crippen molar-refractivity contribution in [1.82, 2.24) is 0 Å². The van der Waals surface area contributed by atoms with Gasteiger partial charge in [0.1, 0.15) is 11.7 Å². The van der Waals surface area contributed by atoms with E-state index in [-0.39, 0.29) is 16.5 Å². The molecular weight excluding hydrogens is 354 g/mol. The highest BCUT2D eigenvalue weighted by molar-refractivity contribution is 6.32. The summed E-state index contributed by atoms with van der Waals surface area (Å²) in [6, 6.07) is 22.2. The number of nitro benzene ring substituents is 1. The van der Waals surface area contributed by atoms with Gasteiger partial charge in [0.2, 0.25) is 0 Å². The molecule has 0 spiro atoms. The summed E-state index contributed by atoms with van der Waals surface area (Å²) >= 11 is 6.03. The molecule has 0 bridgehead atoms. The number of ether oxygens (including phenoxy) is 1. The largest absolute Gasteiger partial charge is 0.424 e. The molecule has 0 N–H and O–H groups in total. The fraction of sp³-hybridized carbons (Fsp3) is 0.0500. The van der Waals surface area contributed by atoms with Crippen LogP contribution in [0.1, 0.15) is 17.0 Å². The summed E-state index contributed by atoms with van der Waals surface area (Å²) < 4.78 is 5.46. The highest BCUT2D eigenvalue weighted by Gasteiger charge is 2.25. The van der Waals surface area contributed by atoms with E-state index < -0.39 is 16.8 Å². The number of nitro groups is 1. The molecule has 0 radical (unpaired) electrons. The van der Waals surface area contributed by atoms with Crippen molar-refractivity contribution in [2.24, 2.45) is 0 Å². The first-order chi connectivity index (χ1) is 12.6. The molecule has 3 aromatic rings. The number of halogens is 1. The third-order valence-electron chi connectivity index (χ3n) is 3.84. The molecule has 3 aromatic carbocycles. The summed E-state index contributed by atoms with van der Waals surface area (Å²) in [5.41, 5.74) is 1.39. The lowest BCUT2D eigenvalue weighted by molar-refractivity contribution is -0.384. The van der Waals surface area contributed by atoms with E-state index in [0.29, 0.717) is 0 Å². The van der Waals surface area contributed by atoms with Crippen molar-refractivity contribution in [2.75, 3.05) is 0 Å². The smallest absolute Gasteiger partial charge is 0.323 e. The molecular formula is C20H14ClNO4. The molecule has 0 unspecified atom stereocenters. The normalized spacial score (nSPS) is 10.5. The average Bonchev–Trinajstić information content (AvgIpc) is 2.65. The summed E-state index contributed by atoms with van der Waals surface area (Å²) in [4.78, 5) is 23.1. The van der Waals surface area contributed by atoms with E-state index in [0.717, 1.165) is 17.2 Å². The fourth-order valence-corrected chi connectivity index (χ4v) is 2.82. The Morgan fingerprint density at radius 1 is 0.923 bits per heavy atom. The fourth-order valence-electron chi connectivity index (χ4n) is 2.61. The molecule has 0 aromatic heterocycles. The minimum Gasteiger partial charge on any atom is -0.424 e. The van der Waals surface area contributed by atoms with Crippen molar-refractivity contribution in [1.29, 1.82) is 0 Å². The first-order valence-corrected chi connectivity index (χ1v) is 8.19. The molecule has 0 heterocycles. The van der Waals surface area contributed by atoms with Gasteiger partial charge in [-0.2, -0.15) is 0 Å². The van der Waals surface area contributed by atoms with Crippen LogP contribution in [0.15, 0.2) is 78.9 Å². The standard InChI is InChI=1S/C20H14ClNO4/c21-17-13-16(22(24)25)11-12-18(17)26-20(23)19(14-7-3-1-4-8-14)15-9-5-2-6-10-15/h1-13,19H. The number of esters is 1. The summed E-state index contributed by atoms with van der Waals surface area (Å²) in [6.07, 6.45) is 0. The maximum Gasteiger partial charge on any atom is 0.323 e. The number of nitrogens with zero attached hydrogens (tertiary/aromatic N) is 1. The maximum absolute atomic E-state index is 12.9. The third kappa shape index (κ3) is 3.90. The van der Waals surface area contributed by atoms with Crippen LogP contribution in [0.5, 0.6) is 5.75 Å². The molecule has 0 fully saturated rings. The highest BCUT2D eigenvalue weighted by Crippen LogP contribution is 2.32. The first kappa shape index (κ1) is 17.6. The van der Waals surface area contributed by atoms with Gasteiger partial charge >= 0.3 is 5.97 Å². The Morgan fingerprint density at radius 3 is 1.92 bits per heavy atom. The second-order valence-electron chi connectivity index (χ2n) is 5.55. The molecule has 0 aliphatic heterocycles. The van der Waals surface area contributed by atoms with Gasteiger partial charge in [-0.3, -0.25) is 14.9 Å². The first-order valence-electron chi connectivity index (χ1n) is 7.82. The second-order valence-corrected chi connectivity index (χ2v) is 5.95. The van der Waals surface area contributed by atoms with Crippen molar-refractivity contribution in [2.45, 2.75) is 5.92 Å². The van der Waals surface area contributed by atoms with Crippen LogP contribution in [-0.4, -0.2) is 10.9 Å². The number of rotatable bonds is 5. The van der Waals surface area contributed by atoms with Gasteiger partial charge in [0, 0.05) is 12.1 Å². The molecule has 0 atom stereocenters. The van der Waals surface area contributed by atoms with Crippen LogP contribution in [0.3, 0.4) is 0 Å². The average molecular weight is 368 g/mol. The Balaban J connectivity index is 1.93. The van der Waals surface area contributed by atoms with E-state index in [9.17, 15) is 14.9 Å².